The van der Waals surface area contributed by atoms with Crippen molar-refractivity contribution in [3.05, 3.63) is 29.1 Å². The normalized spacial score (nSPS) is 9.79. The van der Waals surface area contributed by atoms with Crippen LogP contribution < -0.4 is 10.6 Å². The Kier molecular flexibility index (Phi) is 2.60. The van der Waals surface area contributed by atoms with Crippen LogP contribution in [0, 0.1) is 0 Å². The fraction of sp³-hybridized carbons (Fsp3) is 0.111. The molecule has 0 unspecified atom stereocenters. The Morgan fingerprint density at radius 1 is 1.36 bits per heavy atom. The Bertz CT molecular complexity index is 399. The van der Waals surface area contributed by atoms with Crippen LogP contribution in [0.1, 0.15) is 0 Å². The first-order valence-corrected chi connectivity index (χ1v) is 5.13. The lowest BCUT2D eigenvalue weighted by Crippen LogP contribution is -1.98. The van der Waals surface area contributed by atoms with E-state index in [1.807, 2.05) is 22.9 Å². The maximum absolute atomic E-state index is 4.24. The van der Waals surface area contributed by atoms with Crippen LogP contribution >= 0.6 is 11.3 Å². The highest BCUT2D eigenvalue weighted by molar-refractivity contribution is 7.08. The summed E-state index contributed by atoms with van der Waals surface area (Å²) in [5.41, 5.74) is 1.05. The molecule has 0 radical (unpaired) electrons. The quantitative estimate of drug-likeness (QED) is 0.809. The third kappa shape index (κ3) is 2.00. The van der Waals surface area contributed by atoms with Crippen molar-refractivity contribution in [3.8, 4) is 0 Å². The Morgan fingerprint density at radius 2 is 2.29 bits per heavy atom. The Labute approximate surface area is 86.0 Å². The number of hydrogen-bond donors (Lipinski definition) is 2. The fourth-order valence-corrected chi connectivity index (χ4v) is 1.62. The summed E-state index contributed by atoms with van der Waals surface area (Å²) in [6, 6.07) is 3.84. The number of anilines is 3. The molecule has 2 aromatic heterocycles. The van der Waals surface area contributed by atoms with Crippen molar-refractivity contribution in [3.63, 3.8) is 0 Å². The predicted molar refractivity (Wildman–Crippen MR) is 59.2 cm³/mol. The number of rotatable bonds is 3. The Balaban J connectivity index is 2.17. The average molecular weight is 206 g/mol. The smallest absolute Gasteiger partial charge is 0.224 e. The summed E-state index contributed by atoms with van der Waals surface area (Å²) < 4.78 is 0. The average Bonchev–Trinajstić information content (AvgIpc) is 2.71. The topological polar surface area (TPSA) is 49.8 Å². The van der Waals surface area contributed by atoms with Gasteiger partial charge in [-0.25, -0.2) is 4.98 Å². The number of thiophene rings is 1. The highest BCUT2D eigenvalue weighted by Gasteiger charge is 1.97. The minimum absolute atomic E-state index is 0.616. The van der Waals surface area contributed by atoms with Gasteiger partial charge in [-0.15, -0.1) is 0 Å². The molecule has 72 valence electrons. The van der Waals surface area contributed by atoms with Gasteiger partial charge in [0.2, 0.25) is 5.95 Å². The van der Waals surface area contributed by atoms with Crippen LogP contribution in [0.2, 0.25) is 0 Å². The van der Waals surface area contributed by atoms with Gasteiger partial charge in [0.05, 0.1) is 5.69 Å². The lowest BCUT2D eigenvalue weighted by atomic mass is 10.5. The molecule has 0 atom stereocenters. The third-order valence-electron chi connectivity index (χ3n) is 1.67. The van der Waals surface area contributed by atoms with Crippen molar-refractivity contribution < 1.29 is 0 Å². The molecule has 0 aliphatic carbocycles. The standard InChI is InChI=1S/C9H10N4S/c1-10-9-11-4-2-8(13-9)12-7-3-5-14-6-7/h2-6H,1H3,(H2,10,11,12,13). The van der Waals surface area contributed by atoms with Crippen molar-refractivity contribution in [1.82, 2.24) is 9.97 Å². The highest BCUT2D eigenvalue weighted by Crippen LogP contribution is 2.17. The molecule has 0 aliphatic heterocycles. The minimum Gasteiger partial charge on any atom is -0.357 e. The summed E-state index contributed by atoms with van der Waals surface area (Å²) in [7, 11) is 1.80. The molecule has 0 saturated heterocycles. The zero-order chi connectivity index (χ0) is 9.80. The van der Waals surface area contributed by atoms with Crippen molar-refractivity contribution >= 4 is 28.8 Å². The van der Waals surface area contributed by atoms with Crippen molar-refractivity contribution in [2.24, 2.45) is 0 Å². The molecule has 0 aromatic carbocycles. The maximum Gasteiger partial charge on any atom is 0.224 e. The number of nitrogens with one attached hydrogen (secondary N) is 2. The molecule has 14 heavy (non-hydrogen) atoms. The van der Waals surface area contributed by atoms with Gasteiger partial charge in [-0.2, -0.15) is 16.3 Å². The second-order valence-electron chi connectivity index (χ2n) is 2.65. The molecular weight excluding hydrogens is 196 g/mol. The van der Waals surface area contributed by atoms with Crippen LogP contribution in [0.15, 0.2) is 29.1 Å². The summed E-state index contributed by atoms with van der Waals surface area (Å²) >= 11 is 1.65. The first-order valence-electron chi connectivity index (χ1n) is 4.18. The number of aromatic nitrogens is 2. The van der Waals surface area contributed by atoms with Gasteiger partial charge in [-0.3, -0.25) is 0 Å². The lowest BCUT2D eigenvalue weighted by Gasteiger charge is -2.03. The molecule has 2 rings (SSSR count). The largest absolute Gasteiger partial charge is 0.357 e. The summed E-state index contributed by atoms with van der Waals surface area (Å²) in [5.74, 6) is 1.41. The molecule has 0 aliphatic rings. The van der Waals surface area contributed by atoms with E-state index in [0.717, 1.165) is 11.5 Å². The van der Waals surface area contributed by atoms with E-state index >= 15 is 0 Å². The van der Waals surface area contributed by atoms with E-state index in [9.17, 15) is 0 Å². The van der Waals surface area contributed by atoms with Gasteiger partial charge in [0.25, 0.3) is 0 Å². The monoisotopic (exact) mass is 206 g/mol. The zero-order valence-corrected chi connectivity index (χ0v) is 8.51. The van der Waals surface area contributed by atoms with Gasteiger partial charge in [0.15, 0.2) is 0 Å². The Hall–Kier alpha value is -1.62. The molecule has 4 nitrogen and oxygen atoms in total. The molecule has 0 amide bonds. The molecule has 5 heteroatoms. The molecular formula is C9H10N4S. The first kappa shape index (κ1) is 8.96. The molecule has 0 spiro atoms. The van der Waals surface area contributed by atoms with E-state index < -0.39 is 0 Å². The van der Waals surface area contributed by atoms with Crippen LogP contribution in [-0.4, -0.2) is 17.0 Å². The summed E-state index contributed by atoms with van der Waals surface area (Å²) in [4.78, 5) is 8.26. The van der Waals surface area contributed by atoms with Gasteiger partial charge in [-0.05, 0) is 17.5 Å². The maximum atomic E-state index is 4.24. The minimum atomic E-state index is 0.616. The molecule has 0 fully saturated rings. The zero-order valence-electron chi connectivity index (χ0n) is 7.69. The van der Waals surface area contributed by atoms with Crippen LogP contribution in [0.3, 0.4) is 0 Å². The fourth-order valence-electron chi connectivity index (χ4n) is 1.03. The van der Waals surface area contributed by atoms with Gasteiger partial charge < -0.3 is 10.6 Å². The van der Waals surface area contributed by atoms with E-state index in [0.29, 0.717) is 5.95 Å². The van der Waals surface area contributed by atoms with Crippen LogP contribution in [0.5, 0.6) is 0 Å². The summed E-state index contributed by atoms with van der Waals surface area (Å²) in [6.07, 6.45) is 1.72. The third-order valence-corrected chi connectivity index (χ3v) is 2.36. The molecule has 2 heterocycles. The van der Waals surface area contributed by atoms with Crippen LogP contribution in [0.25, 0.3) is 0 Å². The second-order valence-corrected chi connectivity index (χ2v) is 3.43. The molecule has 0 saturated carbocycles. The van der Waals surface area contributed by atoms with Gasteiger partial charge in [-0.1, -0.05) is 0 Å². The number of hydrogen-bond acceptors (Lipinski definition) is 5. The van der Waals surface area contributed by atoms with Gasteiger partial charge in [0, 0.05) is 18.6 Å². The van der Waals surface area contributed by atoms with Crippen LogP contribution in [-0.2, 0) is 0 Å². The van der Waals surface area contributed by atoms with E-state index in [1.54, 1.807) is 24.6 Å². The SMILES string of the molecule is CNc1nccc(Nc2ccsc2)n1. The predicted octanol–water partition coefficient (Wildman–Crippen LogP) is 2.32. The van der Waals surface area contributed by atoms with Crippen LogP contribution in [0.4, 0.5) is 17.5 Å². The lowest BCUT2D eigenvalue weighted by molar-refractivity contribution is 1.15. The van der Waals surface area contributed by atoms with E-state index in [-0.39, 0.29) is 0 Å². The Morgan fingerprint density at radius 3 is 3.00 bits per heavy atom. The number of nitrogens with zero attached hydrogens (tertiary/aromatic N) is 2. The second kappa shape index (κ2) is 4.06. The molecule has 2 N–H and O–H groups in total. The van der Waals surface area contributed by atoms with Gasteiger partial charge in [0.1, 0.15) is 5.82 Å². The van der Waals surface area contributed by atoms with Crippen molar-refractivity contribution in [1.29, 1.82) is 0 Å². The highest BCUT2D eigenvalue weighted by atomic mass is 32.1. The molecule has 0 bridgehead atoms. The van der Waals surface area contributed by atoms with Gasteiger partial charge >= 0.3 is 0 Å². The van der Waals surface area contributed by atoms with Crippen molar-refractivity contribution in [2.75, 3.05) is 17.7 Å². The molecule has 2 aromatic rings. The summed E-state index contributed by atoms with van der Waals surface area (Å²) in [6.45, 7) is 0. The summed E-state index contributed by atoms with van der Waals surface area (Å²) in [5, 5.41) is 10.1. The van der Waals surface area contributed by atoms with Crippen molar-refractivity contribution in [2.45, 2.75) is 0 Å². The van der Waals surface area contributed by atoms with E-state index in [1.165, 1.54) is 0 Å². The first-order chi connectivity index (χ1) is 6.88. The van der Waals surface area contributed by atoms with E-state index in [4.69, 9.17) is 0 Å². The van der Waals surface area contributed by atoms with E-state index in [2.05, 4.69) is 20.6 Å².